The second-order valence-electron chi connectivity index (χ2n) is 4.22. The van der Waals surface area contributed by atoms with Gasteiger partial charge in [-0.3, -0.25) is 4.79 Å². The Labute approximate surface area is 114 Å². The molecule has 0 saturated heterocycles. The Bertz CT molecular complexity index is 446. The molecule has 1 aromatic carbocycles. The van der Waals surface area contributed by atoms with Crippen LogP contribution in [0.2, 0.25) is 0 Å². The van der Waals surface area contributed by atoms with Crippen LogP contribution in [0.15, 0.2) is 48.6 Å². The molecule has 0 aromatic heterocycles. The summed E-state index contributed by atoms with van der Waals surface area (Å²) in [6.45, 7) is 3.86. The summed E-state index contributed by atoms with van der Waals surface area (Å²) in [5, 5.41) is 12.1. The highest BCUT2D eigenvalue weighted by Gasteiger charge is 2.11. The molecule has 2 N–H and O–H groups in total. The van der Waals surface area contributed by atoms with Crippen LogP contribution in [0, 0.1) is 0 Å². The lowest BCUT2D eigenvalue weighted by Gasteiger charge is -2.16. The fourth-order valence-corrected chi connectivity index (χ4v) is 1.69. The van der Waals surface area contributed by atoms with Crippen molar-refractivity contribution in [2.45, 2.75) is 26.3 Å². The Morgan fingerprint density at radius 1 is 1.32 bits per heavy atom. The van der Waals surface area contributed by atoms with E-state index in [0.29, 0.717) is 0 Å². The zero-order valence-electron chi connectivity index (χ0n) is 11.5. The first-order chi connectivity index (χ1) is 9.21. The number of hydrogen-bond donors (Lipinski definition) is 2. The molecule has 3 heteroatoms. The van der Waals surface area contributed by atoms with E-state index < -0.39 is 0 Å². The number of rotatable bonds is 6. The number of aliphatic hydroxyl groups is 1. The van der Waals surface area contributed by atoms with Gasteiger partial charge in [-0.25, -0.2) is 0 Å². The van der Waals surface area contributed by atoms with Crippen molar-refractivity contribution in [3.8, 4) is 0 Å². The molecule has 0 heterocycles. The summed E-state index contributed by atoms with van der Waals surface area (Å²) in [5.74, 6) is -0.211. The van der Waals surface area contributed by atoms with E-state index in [0.717, 1.165) is 12.0 Å². The average Bonchev–Trinajstić information content (AvgIpc) is 2.45. The fraction of sp³-hybridized carbons (Fsp3) is 0.312. The summed E-state index contributed by atoms with van der Waals surface area (Å²) in [6, 6.07) is 7.54. The molecule has 0 bridgehead atoms. The fourth-order valence-electron chi connectivity index (χ4n) is 1.69. The predicted octanol–water partition coefficient (Wildman–Crippen LogP) is 2.53. The Kier molecular flexibility index (Phi) is 6.61. The van der Waals surface area contributed by atoms with E-state index in [9.17, 15) is 9.90 Å². The van der Waals surface area contributed by atoms with Gasteiger partial charge in [-0.15, -0.1) is 0 Å². The smallest absolute Gasteiger partial charge is 0.244 e. The Morgan fingerprint density at radius 2 is 2.00 bits per heavy atom. The molecule has 0 saturated carbocycles. The number of carbonyl (C=O) groups is 1. The molecule has 0 fully saturated rings. The topological polar surface area (TPSA) is 49.3 Å². The van der Waals surface area contributed by atoms with Gasteiger partial charge in [0.25, 0.3) is 0 Å². The maximum absolute atomic E-state index is 11.6. The molecule has 1 aromatic rings. The number of benzene rings is 1. The summed E-state index contributed by atoms with van der Waals surface area (Å²) in [5.41, 5.74) is 2.15. The van der Waals surface area contributed by atoms with Crippen LogP contribution < -0.4 is 5.32 Å². The molecule has 102 valence electrons. The normalized spacial score (nSPS) is 13.0. The first-order valence-electron chi connectivity index (χ1n) is 6.50. The molecule has 19 heavy (non-hydrogen) atoms. The van der Waals surface area contributed by atoms with Gasteiger partial charge in [0.1, 0.15) is 0 Å². The number of amides is 1. The number of nitrogens with one attached hydrogen (secondary N) is 1. The molecule has 0 aliphatic carbocycles. The van der Waals surface area contributed by atoms with Crippen molar-refractivity contribution in [1.82, 2.24) is 5.32 Å². The quantitative estimate of drug-likeness (QED) is 0.609. The highest BCUT2D eigenvalue weighted by atomic mass is 16.3. The minimum Gasteiger partial charge on any atom is -0.394 e. The Hall–Kier alpha value is -1.87. The largest absolute Gasteiger partial charge is 0.394 e. The van der Waals surface area contributed by atoms with E-state index in [1.165, 1.54) is 11.6 Å². The van der Waals surface area contributed by atoms with Crippen LogP contribution in [0.3, 0.4) is 0 Å². The van der Waals surface area contributed by atoms with Crippen LogP contribution >= 0.6 is 0 Å². The second kappa shape index (κ2) is 8.27. The minimum absolute atomic E-state index is 0.116. The van der Waals surface area contributed by atoms with Crippen molar-refractivity contribution in [2.75, 3.05) is 6.61 Å². The first kappa shape index (κ1) is 15.2. The van der Waals surface area contributed by atoms with Crippen molar-refractivity contribution in [1.29, 1.82) is 0 Å². The van der Waals surface area contributed by atoms with Crippen LogP contribution in [0.1, 0.15) is 31.0 Å². The molecular formula is C16H21NO2. The highest BCUT2D eigenvalue weighted by Crippen LogP contribution is 2.14. The number of allylic oxidation sites excluding steroid dienone is 3. The molecule has 0 spiro atoms. The third-order valence-corrected chi connectivity index (χ3v) is 2.84. The van der Waals surface area contributed by atoms with Crippen LogP contribution in [0.5, 0.6) is 0 Å². The molecule has 1 atom stereocenters. The van der Waals surface area contributed by atoms with E-state index in [1.807, 2.05) is 37.3 Å². The lowest BCUT2D eigenvalue weighted by molar-refractivity contribution is -0.117. The summed E-state index contributed by atoms with van der Waals surface area (Å²) in [4.78, 5) is 11.6. The summed E-state index contributed by atoms with van der Waals surface area (Å²) >= 11 is 0. The number of carbonyl (C=O) groups excluding carboxylic acids is 1. The zero-order valence-corrected chi connectivity index (χ0v) is 11.5. The Morgan fingerprint density at radius 3 is 2.53 bits per heavy atom. The molecule has 1 rings (SSSR count). The maximum atomic E-state index is 11.6. The van der Waals surface area contributed by atoms with Crippen molar-refractivity contribution < 1.29 is 9.90 Å². The van der Waals surface area contributed by atoms with Gasteiger partial charge >= 0.3 is 0 Å². The molecular weight excluding hydrogens is 238 g/mol. The van der Waals surface area contributed by atoms with E-state index in [1.54, 1.807) is 12.2 Å². The molecule has 1 amide bonds. The van der Waals surface area contributed by atoms with E-state index >= 15 is 0 Å². The van der Waals surface area contributed by atoms with E-state index in [-0.39, 0.29) is 18.6 Å². The summed E-state index contributed by atoms with van der Waals surface area (Å²) < 4.78 is 0. The average molecular weight is 259 g/mol. The van der Waals surface area contributed by atoms with Crippen LogP contribution in [0.25, 0.3) is 0 Å². The Balaban J connectivity index is 2.69. The summed E-state index contributed by atoms with van der Waals surface area (Å²) in [7, 11) is 0. The lowest BCUT2D eigenvalue weighted by Crippen LogP contribution is -2.29. The van der Waals surface area contributed by atoms with Crippen molar-refractivity contribution in [2.24, 2.45) is 0 Å². The minimum atomic E-state index is -0.367. The van der Waals surface area contributed by atoms with Gasteiger partial charge in [0.2, 0.25) is 5.91 Å². The van der Waals surface area contributed by atoms with Crippen molar-refractivity contribution >= 4 is 5.91 Å². The van der Waals surface area contributed by atoms with E-state index in [2.05, 4.69) is 12.2 Å². The van der Waals surface area contributed by atoms with Gasteiger partial charge in [-0.1, -0.05) is 49.4 Å². The van der Waals surface area contributed by atoms with Crippen LogP contribution in [0.4, 0.5) is 0 Å². The van der Waals surface area contributed by atoms with Crippen molar-refractivity contribution in [3.63, 3.8) is 0 Å². The van der Waals surface area contributed by atoms with Gasteiger partial charge in [0, 0.05) is 6.08 Å². The zero-order chi connectivity index (χ0) is 14.1. The molecule has 0 aliphatic heterocycles. The second-order valence-corrected chi connectivity index (χ2v) is 4.22. The molecule has 3 nitrogen and oxygen atoms in total. The summed E-state index contributed by atoms with van der Waals surface area (Å²) in [6.07, 6.45) is 7.72. The number of aliphatic hydroxyl groups excluding tert-OH is 1. The van der Waals surface area contributed by atoms with Gasteiger partial charge < -0.3 is 10.4 Å². The van der Waals surface area contributed by atoms with Gasteiger partial charge in [-0.2, -0.15) is 0 Å². The lowest BCUT2D eigenvalue weighted by atomic mass is 10.0. The molecule has 0 aliphatic rings. The third kappa shape index (κ3) is 5.10. The maximum Gasteiger partial charge on any atom is 0.244 e. The monoisotopic (exact) mass is 259 g/mol. The molecule has 0 radical (unpaired) electrons. The first-order valence-corrected chi connectivity index (χ1v) is 6.50. The molecule has 1 unspecified atom stereocenters. The predicted molar refractivity (Wildman–Crippen MR) is 77.7 cm³/mol. The van der Waals surface area contributed by atoms with Crippen molar-refractivity contribution in [3.05, 3.63) is 59.7 Å². The van der Waals surface area contributed by atoms with Gasteiger partial charge in [-0.05, 0) is 24.5 Å². The number of hydrogen-bond acceptors (Lipinski definition) is 2. The number of aryl methyl sites for hydroxylation is 1. The van der Waals surface area contributed by atoms with Crippen LogP contribution in [-0.2, 0) is 11.2 Å². The van der Waals surface area contributed by atoms with Gasteiger partial charge in [0.15, 0.2) is 0 Å². The third-order valence-electron chi connectivity index (χ3n) is 2.84. The van der Waals surface area contributed by atoms with Gasteiger partial charge in [0.05, 0.1) is 12.6 Å². The van der Waals surface area contributed by atoms with Crippen LogP contribution in [-0.4, -0.2) is 17.6 Å². The van der Waals surface area contributed by atoms with E-state index in [4.69, 9.17) is 0 Å². The SMILES string of the molecule is CC=C/C=C/C(=O)NC(CO)c1ccc(CC)cc1. The highest BCUT2D eigenvalue weighted by molar-refractivity contribution is 5.88. The standard InChI is InChI=1S/C16H21NO2/c1-3-5-6-7-16(19)17-15(12-18)14-10-8-13(4-2)9-11-14/h3,5-11,15,18H,4,12H2,1-2H3,(H,17,19)/b5-3?,7-6+.